The van der Waals surface area contributed by atoms with Crippen LogP contribution in [0.4, 0.5) is 5.82 Å². The Hall–Kier alpha value is -1.13. The van der Waals surface area contributed by atoms with E-state index in [9.17, 15) is 5.11 Å². The number of rotatable bonds is 4. The molecule has 2 rings (SSSR count). The molecule has 4 heteroatoms. The van der Waals surface area contributed by atoms with Crippen LogP contribution in [-0.4, -0.2) is 47.7 Å². The molecule has 0 aliphatic carbocycles. The third-order valence-electron chi connectivity index (χ3n) is 3.96. The smallest absolute Gasteiger partial charge is 0.131 e. The monoisotopic (exact) mass is 263 g/mol. The minimum atomic E-state index is -0.391. The van der Waals surface area contributed by atoms with Crippen molar-refractivity contribution < 1.29 is 5.11 Å². The first kappa shape index (κ1) is 14.3. The Balaban J connectivity index is 2.09. The first-order valence-corrected chi connectivity index (χ1v) is 7.27. The fourth-order valence-electron chi connectivity index (χ4n) is 2.61. The van der Waals surface area contributed by atoms with E-state index in [0.29, 0.717) is 0 Å². The topological polar surface area (TPSA) is 39.6 Å². The van der Waals surface area contributed by atoms with E-state index in [2.05, 4.69) is 34.7 Å². The lowest BCUT2D eigenvalue weighted by Gasteiger charge is -2.35. The molecule has 1 aliphatic rings. The molecular formula is C15H25N3O. The molecule has 1 saturated heterocycles. The maximum Gasteiger partial charge on any atom is 0.131 e. The summed E-state index contributed by atoms with van der Waals surface area (Å²) in [4.78, 5) is 9.38. The summed E-state index contributed by atoms with van der Waals surface area (Å²) in [6.07, 6.45) is 2.16. The van der Waals surface area contributed by atoms with Crippen molar-refractivity contribution in [2.45, 2.75) is 33.3 Å². The van der Waals surface area contributed by atoms with Crippen molar-refractivity contribution in [2.75, 3.05) is 37.6 Å². The normalized spacial score (nSPS) is 18.6. The minimum absolute atomic E-state index is 0.391. The van der Waals surface area contributed by atoms with Crippen molar-refractivity contribution in [3.05, 3.63) is 23.4 Å². The quantitative estimate of drug-likeness (QED) is 0.901. The number of piperazine rings is 1. The molecule has 1 atom stereocenters. The fraction of sp³-hybridized carbons (Fsp3) is 0.667. The number of hydrogen-bond donors (Lipinski definition) is 1. The highest BCUT2D eigenvalue weighted by atomic mass is 16.3. The van der Waals surface area contributed by atoms with Gasteiger partial charge >= 0.3 is 0 Å². The maximum atomic E-state index is 9.86. The molecule has 1 N–H and O–H groups in total. The molecule has 0 aromatic carbocycles. The summed E-state index contributed by atoms with van der Waals surface area (Å²) >= 11 is 0. The van der Waals surface area contributed by atoms with E-state index < -0.39 is 6.10 Å². The summed E-state index contributed by atoms with van der Waals surface area (Å²) in [7, 11) is 0. The molecule has 106 valence electrons. The second-order valence-corrected chi connectivity index (χ2v) is 5.25. The summed E-state index contributed by atoms with van der Waals surface area (Å²) in [5, 5.41) is 9.86. The van der Waals surface area contributed by atoms with Gasteiger partial charge in [-0.2, -0.15) is 0 Å². The van der Waals surface area contributed by atoms with Crippen LogP contribution in [0.15, 0.2) is 12.3 Å². The average molecular weight is 263 g/mol. The van der Waals surface area contributed by atoms with Crippen molar-refractivity contribution in [1.29, 1.82) is 0 Å². The highest BCUT2D eigenvalue weighted by Crippen LogP contribution is 2.23. The van der Waals surface area contributed by atoms with E-state index in [1.54, 1.807) is 0 Å². The van der Waals surface area contributed by atoms with Gasteiger partial charge in [-0.25, -0.2) is 4.98 Å². The number of anilines is 1. The molecule has 0 radical (unpaired) electrons. The van der Waals surface area contributed by atoms with E-state index in [4.69, 9.17) is 0 Å². The highest BCUT2D eigenvalue weighted by Gasteiger charge is 2.18. The molecule has 2 heterocycles. The van der Waals surface area contributed by atoms with Gasteiger partial charge in [-0.05, 0) is 37.1 Å². The zero-order chi connectivity index (χ0) is 13.8. The summed E-state index contributed by atoms with van der Waals surface area (Å²) in [5.74, 6) is 1.07. The summed E-state index contributed by atoms with van der Waals surface area (Å²) in [5.41, 5.74) is 2.09. The van der Waals surface area contributed by atoms with E-state index >= 15 is 0 Å². The number of nitrogens with zero attached hydrogens (tertiary/aromatic N) is 3. The summed E-state index contributed by atoms with van der Waals surface area (Å²) in [6.45, 7) is 11.7. The van der Waals surface area contributed by atoms with Gasteiger partial charge < -0.3 is 14.9 Å². The lowest BCUT2D eigenvalue weighted by molar-refractivity contribution is 0.173. The maximum absolute atomic E-state index is 9.86. The van der Waals surface area contributed by atoms with Gasteiger partial charge in [0.2, 0.25) is 0 Å². The van der Waals surface area contributed by atoms with Gasteiger partial charge in [0.25, 0.3) is 0 Å². The number of aromatic nitrogens is 1. The lowest BCUT2D eigenvalue weighted by atomic mass is 10.1. The van der Waals surface area contributed by atoms with Crippen LogP contribution in [-0.2, 0) is 0 Å². The lowest BCUT2D eigenvalue weighted by Crippen LogP contribution is -2.46. The Morgan fingerprint density at radius 3 is 2.47 bits per heavy atom. The first-order valence-electron chi connectivity index (χ1n) is 7.27. The van der Waals surface area contributed by atoms with Crippen LogP contribution < -0.4 is 4.90 Å². The van der Waals surface area contributed by atoms with Crippen LogP contribution in [0.25, 0.3) is 0 Å². The molecule has 19 heavy (non-hydrogen) atoms. The minimum Gasteiger partial charge on any atom is -0.388 e. The Labute approximate surface area is 116 Å². The van der Waals surface area contributed by atoms with Crippen LogP contribution in [0.3, 0.4) is 0 Å². The van der Waals surface area contributed by atoms with E-state index in [1.165, 1.54) is 0 Å². The number of aliphatic hydroxyl groups is 1. The van der Waals surface area contributed by atoms with Gasteiger partial charge in [-0.1, -0.05) is 13.8 Å². The van der Waals surface area contributed by atoms with Crippen LogP contribution in [0, 0.1) is 6.92 Å². The Morgan fingerprint density at radius 1 is 1.26 bits per heavy atom. The molecule has 1 unspecified atom stereocenters. The number of pyridine rings is 1. The molecular weight excluding hydrogens is 238 g/mol. The molecule has 1 aromatic heterocycles. The molecule has 1 aliphatic heterocycles. The molecule has 0 amide bonds. The van der Waals surface area contributed by atoms with E-state index in [0.717, 1.165) is 56.1 Å². The van der Waals surface area contributed by atoms with Gasteiger partial charge in [0.05, 0.1) is 6.10 Å². The third-order valence-corrected chi connectivity index (χ3v) is 3.96. The van der Waals surface area contributed by atoms with E-state index in [-0.39, 0.29) is 0 Å². The van der Waals surface area contributed by atoms with Gasteiger partial charge in [-0.3, -0.25) is 0 Å². The molecule has 0 spiro atoms. The third kappa shape index (κ3) is 3.25. The zero-order valence-corrected chi connectivity index (χ0v) is 12.3. The first-order chi connectivity index (χ1) is 9.15. The SMILES string of the molecule is CCC(O)c1cnc(N2CCN(CC)CC2)c(C)c1. The Kier molecular flexibility index (Phi) is 4.77. The standard InChI is InChI=1S/C15H25N3O/c1-4-14(19)13-10-12(3)15(16-11-13)18-8-6-17(5-2)7-9-18/h10-11,14,19H,4-9H2,1-3H3. The van der Waals surface area contributed by atoms with Gasteiger partial charge in [0, 0.05) is 32.4 Å². The predicted octanol–water partition coefficient (Wildman–Crippen LogP) is 1.98. The van der Waals surface area contributed by atoms with Crippen LogP contribution >= 0.6 is 0 Å². The zero-order valence-electron chi connectivity index (χ0n) is 12.3. The average Bonchev–Trinajstić information content (AvgIpc) is 2.46. The number of aryl methyl sites for hydroxylation is 1. The van der Waals surface area contributed by atoms with E-state index in [1.807, 2.05) is 13.1 Å². The van der Waals surface area contributed by atoms with Gasteiger partial charge in [0.1, 0.15) is 5.82 Å². The second kappa shape index (κ2) is 6.35. The number of aliphatic hydroxyl groups excluding tert-OH is 1. The largest absolute Gasteiger partial charge is 0.388 e. The second-order valence-electron chi connectivity index (χ2n) is 5.25. The van der Waals surface area contributed by atoms with Crippen LogP contribution in [0.5, 0.6) is 0 Å². The Bertz CT molecular complexity index is 414. The molecule has 0 bridgehead atoms. The number of likely N-dealkylation sites (N-methyl/N-ethyl adjacent to an activating group) is 1. The van der Waals surface area contributed by atoms with Crippen molar-refractivity contribution in [2.24, 2.45) is 0 Å². The van der Waals surface area contributed by atoms with Gasteiger partial charge in [-0.15, -0.1) is 0 Å². The van der Waals surface area contributed by atoms with Gasteiger partial charge in [0.15, 0.2) is 0 Å². The molecule has 0 saturated carbocycles. The predicted molar refractivity (Wildman–Crippen MR) is 78.6 cm³/mol. The molecule has 4 nitrogen and oxygen atoms in total. The molecule has 1 fully saturated rings. The van der Waals surface area contributed by atoms with Crippen LogP contribution in [0.1, 0.15) is 37.5 Å². The Morgan fingerprint density at radius 2 is 1.95 bits per heavy atom. The number of hydrogen-bond acceptors (Lipinski definition) is 4. The fourth-order valence-corrected chi connectivity index (χ4v) is 2.61. The van der Waals surface area contributed by atoms with Crippen molar-refractivity contribution >= 4 is 5.82 Å². The van der Waals surface area contributed by atoms with Crippen LogP contribution in [0.2, 0.25) is 0 Å². The van der Waals surface area contributed by atoms with Crippen molar-refractivity contribution in [1.82, 2.24) is 9.88 Å². The highest BCUT2D eigenvalue weighted by molar-refractivity contribution is 5.48. The molecule has 1 aromatic rings. The van der Waals surface area contributed by atoms with Crippen molar-refractivity contribution in [3.63, 3.8) is 0 Å². The van der Waals surface area contributed by atoms with Crippen molar-refractivity contribution in [3.8, 4) is 0 Å². The summed E-state index contributed by atoms with van der Waals surface area (Å²) < 4.78 is 0. The summed E-state index contributed by atoms with van der Waals surface area (Å²) in [6, 6.07) is 2.07.